The van der Waals surface area contributed by atoms with Crippen LogP contribution in [-0.4, -0.2) is 35.6 Å². The first-order chi connectivity index (χ1) is 10.5. The second kappa shape index (κ2) is 10.3. The smallest absolute Gasteiger partial charge is 0.410 e. The van der Waals surface area contributed by atoms with Gasteiger partial charge < -0.3 is 9.64 Å². The molecule has 22 heavy (non-hydrogen) atoms. The zero-order valence-electron chi connectivity index (χ0n) is 13.3. The Morgan fingerprint density at radius 2 is 1.82 bits per heavy atom. The SMILES string of the molecule is CC(=O)[C@H](C)CS.O=C(OCc1ccccc1)N1CCCC1. The first-order valence-electron chi connectivity index (χ1n) is 7.61. The van der Waals surface area contributed by atoms with Crippen LogP contribution in [0.5, 0.6) is 0 Å². The summed E-state index contributed by atoms with van der Waals surface area (Å²) in [7, 11) is 0. The van der Waals surface area contributed by atoms with Crippen molar-refractivity contribution in [1.29, 1.82) is 0 Å². The molecule has 122 valence electrons. The number of carbonyl (C=O) groups excluding carboxylic acids is 2. The normalized spacial score (nSPS) is 14.8. The van der Waals surface area contributed by atoms with Gasteiger partial charge in [0.25, 0.3) is 0 Å². The third-order valence-corrected chi connectivity index (χ3v) is 4.08. The Labute approximate surface area is 138 Å². The maximum Gasteiger partial charge on any atom is 0.410 e. The van der Waals surface area contributed by atoms with Crippen LogP contribution in [0, 0.1) is 5.92 Å². The summed E-state index contributed by atoms with van der Waals surface area (Å²) < 4.78 is 5.20. The molecule has 5 heteroatoms. The minimum Gasteiger partial charge on any atom is -0.445 e. The Morgan fingerprint density at radius 3 is 2.27 bits per heavy atom. The van der Waals surface area contributed by atoms with Crippen molar-refractivity contribution in [1.82, 2.24) is 4.90 Å². The Bertz CT molecular complexity index is 458. The van der Waals surface area contributed by atoms with E-state index in [1.165, 1.54) is 0 Å². The summed E-state index contributed by atoms with van der Waals surface area (Å²) in [6.07, 6.45) is 2.01. The second-order valence-corrected chi connectivity index (χ2v) is 5.79. The van der Waals surface area contributed by atoms with Crippen molar-refractivity contribution in [2.45, 2.75) is 33.3 Å². The van der Waals surface area contributed by atoms with Gasteiger partial charge in [0.05, 0.1) is 0 Å². The van der Waals surface area contributed by atoms with E-state index >= 15 is 0 Å². The summed E-state index contributed by atoms with van der Waals surface area (Å²) in [5.74, 6) is 1.01. The summed E-state index contributed by atoms with van der Waals surface area (Å²) in [5, 5.41) is 0. The largest absolute Gasteiger partial charge is 0.445 e. The minimum absolute atomic E-state index is 0.128. The molecule has 0 N–H and O–H groups in total. The molecular formula is C17H25NO3S. The van der Waals surface area contributed by atoms with Gasteiger partial charge in [-0.2, -0.15) is 12.6 Å². The van der Waals surface area contributed by atoms with Crippen LogP contribution in [0.3, 0.4) is 0 Å². The predicted molar refractivity (Wildman–Crippen MR) is 91.1 cm³/mol. The number of thiol groups is 1. The lowest BCUT2D eigenvalue weighted by molar-refractivity contribution is -0.119. The molecule has 1 atom stereocenters. The van der Waals surface area contributed by atoms with Gasteiger partial charge in [-0.25, -0.2) is 4.79 Å². The number of likely N-dealkylation sites (tertiary alicyclic amines) is 1. The zero-order chi connectivity index (χ0) is 16.4. The van der Waals surface area contributed by atoms with Crippen LogP contribution in [0.4, 0.5) is 4.79 Å². The van der Waals surface area contributed by atoms with E-state index in [0.29, 0.717) is 12.4 Å². The molecule has 4 nitrogen and oxygen atoms in total. The molecule has 0 radical (unpaired) electrons. The van der Waals surface area contributed by atoms with Gasteiger partial charge in [0.15, 0.2) is 0 Å². The average Bonchev–Trinajstić information content (AvgIpc) is 3.08. The molecule has 1 aliphatic heterocycles. The van der Waals surface area contributed by atoms with Crippen molar-refractivity contribution in [2.24, 2.45) is 5.92 Å². The van der Waals surface area contributed by atoms with Crippen molar-refractivity contribution in [3.05, 3.63) is 35.9 Å². The van der Waals surface area contributed by atoms with Gasteiger partial charge in [-0.15, -0.1) is 0 Å². The second-order valence-electron chi connectivity index (χ2n) is 5.43. The van der Waals surface area contributed by atoms with Crippen LogP contribution >= 0.6 is 12.6 Å². The summed E-state index contributed by atoms with van der Waals surface area (Å²) in [6, 6.07) is 9.75. The van der Waals surface area contributed by atoms with E-state index in [-0.39, 0.29) is 17.8 Å². The quantitative estimate of drug-likeness (QED) is 0.862. The Balaban J connectivity index is 0.000000295. The predicted octanol–water partition coefficient (Wildman–Crippen LogP) is 3.56. The van der Waals surface area contributed by atoms with E-state index in [1.807, 2.05) is 37.3 Å². The highest BCUT2D eigenvalue weighted by Crippen LogP contribution is 2.10. The van der Waals surface area contributed by atoms with Crippen molar-refractivity contribution in [2.75, 3.05) is 18.8 Å². The Kier molecular flexibility index (Phi) is 8.67. The molecule has 2 rings (SSSR count). The lowest BCUT2D eigenvalue weighted by atomic mass is 10.1. The lowest BCUT2D eigenvalue weighted by Gasteiger charge is -2.14. The van der Waals surface area contributed by atoms with Crippen LogP contribution in [0.25, 0.3) is 0 Å². The molecule has 1 aliphatic rings. The molecule has 0 aromatic heterocycles. The number of rotatable bonds is 4. The van der Waals surface area contributed by atoms with Gasteiger partial charge in [-0.1, -0.05) is 37.3 Å². The first-order valence-corrected chi connectivity index (χ1v) is 8.24. The minimum atomic E-state index is -0.184. The van der Waals surface area contributed by atoms with Crippen molar-refractivity contribution < 1.29 is 14.3 Å². The number of Topliss-reactive ketones (excluding diaryl/α,β-unsaturated/α-hetero) is 1. The van der Waals surface area contributed by atoms with Crippen LogP contribution in [0.15, 0.2) is 30.3 Å². The average molecular weight is 323 g/mol. The van der Waals surface area contributed by atoms with Gasteiger partial charge in [0.2, 0.25) is 0 Å². The number of ether oxygens (including phenoxy) is 1. The molecular weight excluding hydrogens is 298 g/mol. The number of hydrogen-bond donors (Lipinski definition) is 1. The molecule has 0 spiro atoms. The summed E-state index contributed by atoms with van der Waals surface area (Å²) in [4.78, 5) is 23.6. The maximum atomic E-state index is 11.5. The standard InChI is InChI=1S/C12H15NO2.C5H10OS/c14-12(13-8-4-5-9-13)15-10-11-6-2-1-3-7-11;1-4(3-7)5(2)6/h1-3,6-7H,4-5,8-10H2;4,7H,3H2,1-2H3/t;4-/m.1/s1. The van der Waals surface area contributed by atoms with Crippen molar-refractivity contribution in [3.8, 4) is 0 Å². The molecule has 1 aromatic rings. The summed E-state index contributed by atoms with van der Waals surface area (Å²) in [6.45, 7) is 5.51. The van der Waals surface area contributed by atoms with E-state index in [4.69, 9.17) is 4.74 Å². The molecule has 1 heterocycles. The third-order valence-electron chi connectivity index (χ3n) is 3.54. The highest BCUT2D eigenvalue weighted by Gasteiger charge is 2.18. The van der Waals surface area contributed by atoms with Gasteiger partial charge in [0, 0.05) is 19.0 Å². The number of amides is 1. The topological polar surface area (TPSA) is 46.6 Å². The number of hydrogen-bond acceptors (Lipinski definition) is 4. The van der Waals surface area contributed by atoms with Crippen LogP contribution < -0.4 is 0 Å². The first kappa shape index (κ1) is 18.6. The maximum absolute atomic E-state index is 11.5. The fourth-order valence-corrected chi connectivity index (χ4v) is 2.10. The molecule has 0 saturated carbocycles. The molecule has 1 amide bonds. The monoisotopic (exact) mass is 323 g/mol. The van der Waals surface area contributed by atoms with Crippen LogP contribution in [0.2, 0.25) is 0 Å². The molecule has 0 bridgehead atoms. The Hall–Kier alpha value is -1.49. The number of benzene rings is 1. The third kappa shape index (κ3) is 6.98. The van der Waals surface area contributed by atoms with E-state index < -0.39 is 0 Å². The van der Waals surface area contributed by atoms with Crippen molar-refractivity contribution in [3.63, 3.8) is 0 Å². The molecule has 1 aromatic carbocycles. The summed E-state index contributed by atoms with van der Waals surface area (Å²) in [5.41, 5.74) is 1.03. The summed E-state index contributed by atoms with van der Waals surface area (Å²) >= 11 is 3.93. The van der Waals surface area contributed by atoms with E-state index in [2.05, 4.69) is 12.6 Å². The van der Waals surface area contributed by atoms with Gasteiger partial charge in [0.1, 0.15) is 12.4 Å². The van der Waals surface area contributed by atoms with Gasteiger partial charge >= 0.3 is 6.09 Å². The number of ketones is 1. The fourth-order valence-electron chi connectivity index (χ4n) is 1.84. The number of nitrogens with zero attached hydrogens (tertiary/aromatic N) is 1. The van der Waals surface area contributed by atoms with Crippen molar-refractivity contribution >= 4 is 24.5 Å². The van der Waals surface area contributed by atoms with E-state index in [0.717, 1.165) is 31.5 Å². The Morgan fingerprint density at radius 1 is 1.23 bits per heavy atom. The molecule has 0 unspecified atom stereocenters. The number of carbonyl (C=O) groups is 2. The van der Waals surface area contributed by atoms with Crippen LogP contribution in [0.1, 0.15) is 32.3 Å². The van der Waals surface area contributed by atoms with Crippen LogP contribution in [-0.2, 0) is 16.1 Å². The van der Waals surface area contributed by atoms with E-state index in [9.17, 15) is 9.59 Å². The highest BCUT2D eigenvalue weighted by atomic mass is 32.1. The van der Waals surface area contributed by atoms with E-state index in [1.54, 1.807) is 11.8 Å². The molecule has 1 fully saturated rings. The molecule has 0 aliphatic carbocycles. The van der Waals surface area contributed by atoms with Gasteiger partial charge in [-0.05, 0) is 31.1 Å². The lowest BCUT2D eigenvalue weighted by Crippen LogP contribution is -2.28. The molecule has 1 saturated heterocycles. The van der Waals surface area contributed by atoms with Gasteiger partial charge in [-0.3, -0.25) is 4.79 Å². The zero-order valence-corrected chi connectivity index (χ0v) is 14.2. The highest BCUT2D eigenvalue weighted by molar-refractivity contribution is 7.80. The fraction of sp³-hybridized carbons (Fsp3) is 0.529.